The summed E-state index contributed by atoms with van der Waals surface area (Å²) in [6.07, 6.45) is 0. The molecule has 0 aliphatic rings. The van der Waals surface area contributed by atoms with Crippen LogP contribution in [0, 0.1) is 0 Å². The van der Waals surface area contributed by atoms with E-state index in [2.05, 4.69) is 41.2 Å². The topological polar surface area (TPSA) is 72.1 Å². The van der Waals surface area contributed by atoms with Gasteiger partial charge in [-0.1, -0.05) is 32.0 Å². The summed E-state index contributed by atoms with van der Waals surface area (Å²) in [5.41, 5.74) is 9.42. The van der Waals surface area contributed by atoms with Crippen molar-refractivity contribution in [2.45, 2.75) is 25.8 Å². The molecule has 0 aromatic heterocycles. The first-order valence-electron chi connectivity index (χ1n) is 9.41. The Labute approximate surface area is 168 Å². The molecule has 0 amide bonds. The summed E-state index contributed by atoms with van der Waals surface area (Å²) in [7, 11) is 7.31. The Bertz CT molecular complexity index is 803. The Morgan fingerprint density at radius 2 is 1.75 bits per heavy atom. The van der Waals surface area contributed by atoms with Gasteiger partial charge < -0.3 is 25.4 Å². The number of nitrogens with two attached hydrogens (primary N) is 1. The van der Waals surface area contributed by atoms with Crippen molar-refractivity contribution in [3.63, 3.8) is 0 Å². The van der Waals surface area contributed by atoms with Crippen LogP contribution in [0.25, 0.3) is 0 Å². The summed E-state index contributed by atoms with van der Waals surface area (Å²) in [5.74, 6) is 2.27. The molecule has 0 saturated carbocycles. The van der Waals surface area contributed by atoms with Crippen LogP contribution in [-0.2, 0) is 0 Å². The highest BCUT2D eigenvalue weighted by molar-refractivity contribution is 5.92. The number of nitrogens with zero attached hydrogens (tertiary/aromatic N) is 2. The van der Waals surface area contributed by atoms with E-state index in [0.29, 0.717) is 29.9 Å². The molecule has 1 atom stereocenters. The maximum atomic E-state index is 6.14. The number of ether oxygens (including phenoxy) is 2. The maximum absolute atomic E-state index is 6.14. The zero-order chi connectivity index (χ0) is 20.7. The van der Waals surface area contributed by atoms with Gasteiger partial charge in [0.1, 0.15) is 0 Å². The summed E-state index contributed by atoms with van der Waals surface area (Å²) in [4.78, 5) is 6.67. The number of aliphatic imine (C=N–C) groups is 1. The fourth-order valence-electron chi connectivity index (χ4n) is 2.97. The van der Waals surface area contributed by atoms with Gasteiger partial charge in [0.05, 0.1) is 26.8 Å². The molecule has 2 aromatic carbocycles. The Hall–Kier alpha value is -2.73. The average molecular weight is 385 g/mol. The number of nitrogens with one attached hydrogen (secondary N) is 1. The lowest BCUT2D eigenvalue weighted by atomic mass is 10.0. The minimum Gasteiger partial charge on any atom is -0.493 e. The van der Waals surface area contributed by atoms with Crippen LogP contribution in [0.2, 0.25) is 0 Å². The normalized spacial score (nSPS) is 12.9. The highest BCUT2D eigenvalue weighted by Crippen LogP contribution is 2.31. The van der Waals surface area contributed by atoms with E-state index in [4.69, 9.17) is 15.2 Å². The monoisotopic (exact) mass is 384 g/mol. The van der Waals surface area contributed by atoms with Crippen LogP contribution in [0.5, 0.6) is 11.5 Å². The van der Waals surface area contributed by atoms with Gasteiger partial charge in [-0.2, -0.15) is 0 Å². The highest BCUT2D eigenvalue weighted by atomic mass is 16.5. The number of guanidine groups is 1. The molecule has 2 aromatic rings. The second kappa shape index (κ2) is 9.99. The molecule has 0 saturated heterocycles. The molecule has 1 unspecified atom stereocenters. The number of benzene rings is 2. The van der Waals surface area contributed by atoms with Gasteiger partial charge in [-0.15, -0.1) is 0 Å². The third-order valence-electron chi connectivity index (χ3n) is 4.68. The van der Waals surface area contributed by atoms with E-state index in [0.717, 1.165) is 11.3 Å². The molecular weight excluding hydrogens is 352 g/mol. The van der Waals surface area contributed by atoms with Crippen LogP contribution in [0.3, 0.4) is 0 Å². The molecule has 0 aliphatic heterocycles. The summed E-state index contributed by atoms with van der Waals surface area (Å²) in [6, 6.07) is 14.2. The highest BCUT2D eigenvalue weighted by Gasteiger charge is 2.16. The van der Waals surface area contributed by atoms with Crippen molar-refractivity contribution < 1.29 is 9.47 Å². The SMILES string of the molecule is COc1ccc(C(CN=C(N)Nc2cccc(C(C)C)c2)N(C)C)cc1OC. The molecular formula is C22H32N4O2. The van der Waals surface area contributed by atoms with Gasteiger partial charge in [0, 0.05) is 5.69 Å². The molecule has 0 radical (unpaired) electrons. The summed E-state index contributed by atoms with van der Waals surface area (Å²) < 4.78 is 10.8. The second-order valence-corrected chi connectivity index (χ2v) is 7.22. The zero-order valence-corrected chi connectivity index (χ0v) is 17.7. The number of anilines is 1. The Balaban J connectivity index is 2.15. The van der Waals surface area contributed by atoms with Crippen molar-refractivity contribution in [3.05, 3.63) is 53.6 Å². The van der Waals surface area contributed by atoms with Crippen LogP contribution >= 0.6 is 0 Å². The van der Waals surface area contributed by atoms with E-state index in [1.165, 1.54) is 5.56 Å². The second-order valence-electron chi connectivity index (χ2n) is 7.22. The van der Waals surface area contributed by atoms with Crippen LogP contribution in [-0.4, -0.2) is 45.7 Å². The number of hydrogen-bond acceptors (Lipinski definition) is 4. The van der Waals surface area contributed by atoms with Gasteiger partial charge in [-0.3, -0.25) is 4.99 Å². The Morgan fingerprint density at radius 3 is 2.36 bits per heavy atom. The first-order valence-corrected chi connectivity index (χ1v) is 9.41. The number of methoxy groups -OCH3 is 2. The van der Waals surface area contributed by atoms with E-state index >= 15 is 0 Å². The van der Waals surface area contributed by atoms with E-state index in [-0.39, 0.29) is 6.04 Å². The van der Waals surface area contributed by atoms with Crippen molar-refractivity contribution >= 4 is 11.6 Å². The lowest BCUT2D eigenvalue weighted by Crippen LogP contribution is -2.27. The number of likely N-dealkylation sites (N-methyl/N-ethyl adjacent to an activating group) is 1. The molecule has 0 bridgehead atoms. The van der Waals surface area contributed by atoms with Gasteiger partial charge >= 0.3 is 0 Å². The van der Waals surface area contributed by atoms with Gasteiger partial charge in [0.25, 0.3) is 0 Å². The minimum atomic E-state index is 0.0576. The van der Waals surface area contributed by atoms with Gasteiger partial charge in [-0.05, 0) is 55.4 Å². The van der Waals surface area contributed by atoms with Crippen LogP contribution in [0.4, 0.5) is 5.69 Å². The molecule has 6 heteroatoms. The van der Waals surface area contributed by atoms with Gasteiger partial charge in [0.2, 0.25) is 0 Å². The van der Waals surface area contributed by atoms with E-state index < -0.39 is 0 Å². The molecule has 28 heavy (non-hydrogen) atoms. The van der Waals surface area contributed by atoms with Gasteiger partial charge in [-0.25, -0.2) is 0 Å². The standard InChI is InChI=1S/C22H32N4O2/c1-15(2)16-8-7-9-18(12-16)25-22(23)24-14-19(26(3)4)17-10-11-20(27-5)21(13-17)28-6/h7-13,15,19H,14H2,1-6H3,(H3,23,24,25). The quantitative estimate of drug-likeness (QED) is 0.534. The first kappa shape index (κ1) is 21.6. The smallest absolute Gasteiger partial charge is 0.193 e. The van der Waals surface area contributed by atoms with Crippen LogP contribution < -0.4 is 20.5 Å². The molecule has 2 rings (SSSR count). The van der Waals surface area contributed by atoms with Crippen LogP contribution in [0.1, 0.15) is 36.9 Å². The van der Waals surface area contributed by atoms with Crippen molar-refractivity contribution in [3.8, 4) is 11.5 Å². The fourth-order valence-corrected chi connectivity index (χ4v) is 2.97. The molecule has 152 valence electrons. The van der Waals surface area contributed by atoms with Gasteiger partial charge in [0.15, 0.2) is 17.5 Å². The van der Waals surface area contributed by atoms with Crippen molar-refractivity contribution in [2.24, 2.45) is 10.7 Å². The molecule has 0 aliphatic carbocycles. The summed E-state index contributed by atoms with van der Waals surface area (Å²) >= 11 is 0. The molecule has 0 fully saturated rings. The van der Waals surface area contributed by atoms with E-state index in [9.17, 15) is 0 Å². The van der Waals surface area contributed by atoms with Crippen molar-refractivity contribution in [1.29, 1.82) is 0 Å². The maximum Gasteiger partial charge on any atom is 0.193 e. The summed E-state index contributed by atoms with van der Waals surface area (Å²) in [5, 5.41) is 3.19. The molecule has 3 N–H and O–H groups in total. The summed E-state index contributed by atoms with van der Waals surface area (Å²) in [6.45, 7) is 4.86. The van der Waals surface area contributed by atoms with Crippen LogP contribution in [0.15, 0.2) is 47.5 Å². The Morgan fingerprint density at radius 1 is 1.04 bits per heavy atom. The number of hydrogen-bond donors (Lipinski definition) is 2. The molecule has 0 spiro atoms. The predicted molar refractivity (Wildman–Crippen MR) is 117 cm³/mol. The fraction of sp³-hybridized carbons (Fsp3) is 0.409. The number of rotatable bonds is 8. The lowest BCUT2D eigenvalue weighted by molar-refractivity contribution is 0.303. The lowest BCUT2D eigenvalue weighted by Gasteiger charge is -2.24. The third-order valence-corrected chi connectivity index (χ3v) is 4.68. The molecule has 0 heterocycles. The van der Waals surface area contributed by atoms with Crippen molar-refractivity contribution in [1.82, 2.24) is 4.90 Å². The minimum absolute atomic E-state index is 0.0576. The van der Waals surface area contributed by atoms with E-state index in [1.807, 2.05) is 44.4 Å². The zero-order valence-electron chi connectivity index (χ0n) is 17.7. The average Bonchev–Trinajstić information content (AvgIpc) is 2.67. The van der Waals surface area contributed by atoms with Crippen molar-refractivity contribution in [2.75, 3.05) is 40.2 Å². The third kappa shape index (κ3) is 5.63. The Kier molecular flexibility index (Phi) is 7.70. The first-order chi connectivity index (χ1) is 13.3. The molecule has 6 nitrogen and oxygen atoms in total. The largest absolute Gasteiger partial charge is 0.493 e. The predicted octanol–water partition coefficient (Wildman–Crippen LogP) is 3.86. The van der Waals surface area contributed by atoms with E-state index in [1.54, 1.807) is 14.2 Å².